The van der Waals surface area contributed by atoms with Crippen molar-refractivity contribution in [2.45, 2.75) is 32.7 Å². The van der Waals surface area contributed by atoms with Crippen molar-refractivity contribution in [3.05, 3.63) is 33.1 Å². The van der Waals surface area contributed by atoms with E-state index in [9.17, 15) is 14.4 Å². The van der Waals surface area contributed by atoms with Crippen LogP contribution < -0.4 is 16.6 Å². The zero-order chi connectivity index (χ0) is 12.7. The highest BCUT2D eigenvalue weighted by molar-refractivity contribution is 5.75. The second kappa shape index (κ2) is 6.67. The lowest BCUT2D eigenvalue weighted by Gasteiger charge is -2.06. The zero-order valence-electron chi connectivity index (χ0n) is 9.86. The number of nitrogens with one attached hydrogen (secondary N) is 2. The molecule has 6 nitrogen and oxygen atoms in total. The van der Waals surface area contributed by atoms with Gasteiger partial charge in [-0.3, -0.25) is 19.1 Å². The molecule has 2 N–H and O–H groups in total. The molecule has 1 amide bonds. The molecule has 17 heavy (non-hydrogen) atoms. The smallest absolute Gasteiger partial charge is 0.328 e. The minimum Gasteiger partial charge on any atom is -0.355 e. The van der Waals surface area contributed by atoms with Crippen LogP contribution in [0.4, 0.5) is 0 Å². The van der Waals surface area contributed by atoms with Crippen LogP contribution in [-0.4, -0.2) is 22.0 Å². The molecular formula is C11H17N3O3. The van der Waals surface area contributed by atoms with Crippen LogP contribution in [0.15, 0.2) is 21.9 Å². The van der Waals surface area contributed by atoms with E-state index in [1.807, 2.05) is 0 Å². The van der Waals surface area contributed by atoms with Crippen LogP contribution in [0.25, 0.3) is 0 Å². The fourth-order valence-electron chi connectivity index (χ4n) is 1.38. The third kappa shape index (κ3) is 4.67. The molecule has 0 aliphatic rings. The molecule has 1 rings (SSSR count). The normalized spacial score (nSPS) is 10.2. The Hall–Kier alpha value is -1.85. The number of nitrogens with zero attached hydrogens (tertiary/aromatic N) is 1. The Bertz CT molecular complexity index is 475. The van der Waals surface area contributed by atoms with E-state index in [0.29, 0.717) is 6.54 Å². The van der Waals surface area contributed by atoms with Crippen molar-refractivity contribution in [3.63, 3.8) is 0 Å². The van der Waals surface area contributed by atoms with Crippen LogP contribution in [0.3, 0.4) is 0 Å². The maximum atomic E-state index is 11.4. The van der Waals surface area contributed by atoms with Gasteiger partial charge in [0.1, 0.15) is 6.54 Å². The van der Waals surface area contributed by atoms with Gasteiger partial charge in [0, 0.05) is 18.8 Å². The molecule has 0 radical (unpaired) electrons. The van der Waals surface area contributed by atoms with Crippen molar-refractivity contribution in [1.29, 1.82) is 0 Å². The van der Waals surface area contributed by atoms with Crippen LogP contribution in [0, 0.1) is 0 Å². The zero-order valence-corrected chi connectivity index (χ0v) is 9.86. The third-order valence-electron chi connectivity index (χ3n) is 2.31. The first-order chi connectivity index (χ1) is 8.13. The molecule has 1 aromatic heterocycles. The van der Waals surface area contributed by atoms with Gasteiger partial charge in [0.25, 0.3) is 5.56 Å². The van der Waals surface area contributed by atoms with E-state index in [4.69, 9.17) is 0 Å². The number of hydrogen-bond donors (Lipinski definition) is 2. The summed E-state index contributed by atoms with van der Waals surface area (Å²) in [6.45, 7) is 2.63. The molecule has 0 saturated carbocycles. The fraction of sp³-hybridized carbons (Fsp3) is 0.545. The maximum absolute atomic E-state index is 11.4. The van der Waals surface area contributed by atoms with E-state index in [1.54, 1.807) is 0 Å². The van der Waals surface area contributed by atoms with Gasteiger partial charge >= 0.3 is 5.69 Å². The van der Waals surface area contributed by atoms with Gasteiger partial charge in [-0.2, -0.15) is 0 Å². The number of unbranched alkanes of at least 4 members (excludes halogenated alkanes) is 2. The van der Waals surface area contributed by atoms with Gasteiger partial charge in [0.05, 0.1) is 0 Å². The van der Waals surface area contributed by atoms with Crippen LogP contribution in [0.2, 0.25) is 0 Å². The Morgan fingerprint density at radius 3 is 2.82 bits per heavy atom. The van der Waals surface area contributed by atoms with Crippen molar-refractivity contribution in [3.8, 4) is 0 Å². The number of carbonyl (C=O) groups is 1. The van der Waals surface area contributed by atoms with Crippen LogP contribution in [-0.2, 0) is 11.3 Å². The number of aromatic amines is 1. The summed E-state index contributed by atoms with van der Waals surface area (Å²) in [4.78, 5) is 35.6. The quantitative estimate of drug-likeness (QED) is 0.677. The average Bonchev–Trinajstić information content (AvgIpc) is 2.28. The number of hydrogen-bond acceptors (Lipinski definition) is 3. The molecular weight excluding hydrogens is 222 g/mol. The van der Waals surface area contributed by atoms with Crippen LogP contribution in [0.1, 0.15) is 26.2 Å². The maximum Gasteiger partial charge on any atom is 0.328 e. The van der Waals surface area contributed by atoms with Crippen LogP contribution in [0.5, 0.6) is 0 Å². The lowest BCUT2D eigenvalue weighted by atomic mass is 10.2. The largest absolute Gasteiger partial charge is 0.355 e. The molecule has 0 aromatic carbocycles. The summed E-state index contributed by atoms with van der Waals surface area (Å²) in [6.07, 6.45) is 4.41. The summed E-state index contributed by atoms with van der Waals surface area (Å²) >= 11 is 0. The molecule has 1 heterocycles. The molecule has 0 aliphatic carbocycles. The molecule has 1 aromatic rings. The topological polar surface area (TPSA) is 84.0 Å². The molecule has 94 valence electrons. The molecule has 0 atom stereocenters. The fourth-order valence-corrected chi connectivity index (χ4v) is 1.38. The Morgan fingerprint density at radius 1 is 1.41 bits per heavy atom. The van der Waals surface area contributed by atoms with Crippen molar-refractivity contribution in [2.24, 2.45) is 0 Å². The minimum atomic E-state index is -0.568. The Kier molecular flexibility index (Phi) is 5.19. The summed E-state index contributed by atoms with van der Waals surface area (Å²) in [7, 11) is 0. The molecule has 0 saturated heterocycles. The van der Waals surface area contributed by atoms with Gasteiger partial charge in [-0.25, -0.2) is 4.79 Å². The lowest BCUT2D eigenvalue weighted by molar-refractivity contribution is -0.121. The Balaban J connectivity index is 2.45. The second-order valence-electron chi connectivity index (χ2n) is 3.80. The third-order valence-corrected chi connectivity index (χ3v) is 2.31. The van der Waals surface area contributed by atoms with Gasteiger partial charge in [-0.1, -0.05) is 19.8 Å². The van der Waals surface area contributed by atoms with Crippen molar-refractivity contribution < 1.29 is 4.79 Å². The molecule has 0 unspecified atom stereocenters. The van der Waals surface area contributed by atoms with E-state index in [1.165, 1.54) is 12.3 Å². The molecule has 0 spiro atoms. The van der Waals surface area contributed by atoms with Crippen molar-refractivity contribution >= 4 is 5.91 Å². The number of aromatic nitrogens is 2. The summed E-state index contributed by atoms with van der Waals surface area (Å²) < 4.78 is 1.16. The van der Waals surface area contributed by atoms with Crippen molar-refractivity contribution in [1.82, 2.24) is 14.9 Å². The highest BCUT2D eigenvalue weighted by Crippen LogP contribution is 1.91. The number of amides is 1. The first-order valence-corrected chi connectivity index (χ1v) is 5.70. The van der Waals surface area contributed by atoms with E-state index >= 15 is 0 Å². The Labute approximate surface area is 98.7 Å². The first kappa shape index (κ1) is 13.2. The van der Waals surface area contributed by atoms with E-state index in [0.717, 1.165) is 23.8 Å². The SMILES string of the molecule is CCCCCNC(=O)Cn1ccc(=O)[nH]c1=O. The first-order valence-electron chi connectivity index (χ1n) is 5.70. The standard InChI is InChI=1S/C11H17N3O3/c1-2-3-4-6-12-10(16)8-14-7-5-9(15)13-11(14)17/h5,7H,2-4,6,8H2,1H3,(H,12,16)(H,13,15,17). The summed E-state index contributed by atoms with van der Waals surface area (Å²) in [5, 5.41) is 2.72. The van der Waals surface area contributed by atoms with Gasteiger partial charge in [-0.15, -0.1) is 0 Å². The minimum absolute atomic E-state index is 0.0677. The molecule has 6 heteroatoms. The predicted molar refractivity (Wildman–Crippen MR) is 63.9 cm³/mol. The van der Waals surface area contributed by atoms with Gasteiger partial charge in [-0.05, 0) is 6.42 Å². The van der Waals surface area contributed by atoms with E-state index < -0.39 is 11.2 Å². The molecule has 0 fully saturated rings. The summed E-state index contributed by atoms with van der Waals surface area (Å²) in [6, 6.07) is 1.21. The van der Waals surface area contributed by atoms with Gasteiger partial charge in [0.15, 0.2) is 0 Å². The Morgan fingerprint density at radius 2 is 2.18 bits per heavy atom. The van der Waals surface area contributed by atoms with Crippen molar-refractivity contribution in [2.75, 3.05) is 6.54 Å². The highest BCUT2D eigenvalue weighted by atomic mass is 16.2. The van der Waals surface area contributed by atoms with Crippen LogP contribution >= 0.6 is 0 Å². The predicted octanol–water partition coefficient (Wildman–Crippen LogP) is -0.157. The van der Waals surface area contributed by atoms with Gasteiger partial charge in [0.2, 0.25) is 5.91 Å². The molecule has 0 aliphatic heterocycles. The second-order valence-corrected chi connectivity index (χ2v) is 3.80. The van der Waals surface area contributed by atoms with E-state index in [2.05, 4.69) is 17.2 Å². The lowest BCUT2D eigenvalue weighted by Crippen LogP contribution is -2.35. The molecule has 0 bridgehead atoms. The summed E-state index contributed by atoms with van der Waals surface area (Å²) in [5.74, 6) is -0.227. The monoisotopic (exact) mass is 239 g/mol. The number of carbonyl (C=O) groups excluding carboxylic acids is 1. The van der Waals surface area contributed by atoms with Gasteiger partial charge < -0.3 is 5.32 Å². The number of rotatable bonds is 6. The van der Waals surface area contributed by atoms with E-state index in [-0.39, 0.29) is 12.5 Å². The average molecular weight is 239 g/mol. The number of H-pyrrole nitrogens is 1. The summed E-state index contributed by atoms with van der Waals surface area (Å²) in [5.41, 5.74) is -1.03. The highest BCUT2D eigenvalue weighted by Gasteiger charge is 2.03.